The molecule has 3 heterocycles. The van der Waals surface area contributed by atoms with Crippen molar-refractivity contribution >= 4 is 38.7 Å². The van der Waals surface area contributed by atoms with Gasteiger partial charge in [-0.25, -0.2) is 8.42 Å². The molecular weight excluding hydrogens is 434 g/mol. The third-order valence-corrected chi connectivity index (χ3v) is 9.29. The summed E-state index contributed by atoms with van der Waals surface area (Å²) in [7, 11) is -3.52. The summed E-state index contributed by atoms with van der Waals surface area (Å²) in [6.07, 6.45) is 1.42. The van der Waals surface area contributed by atoms with Crippen LogP contribution >= 0.6 is 11.3 Å². The number of ketones is 1. The number of carbonyl (C=O) groups is 2. The Bertz CT molecular complexity index is 1030. The maximum atomic E-state index is 13.1. The number of amides is 1. The molecule has 0 saturated carbocycles. The third-order valence-electron chi connectivity index (χ3n) is 6.05. The van der Waals surface area contributed by atoms with Crippen LogP contribution in [0.25, 0.3) is 0 Å². The van der Waals surface area contributed by atoms with Gasteiger partial charge in [-0.15, -0.1) is 11.3 Å². The molecule has 166 valence electrons. The lowest BCUT2D eigenvalue weighted by atomic mass is 9.97. The summed E-state index contributed by atoms with van der Waals surface area (Å²) in [5.41, 5.74) is 1.74. The van der Waals surface area contributed by atoms with Crippen LogP contribution in [0.5, 0.6) is 0 Å². The fourth-order valence-electron chi connectivity index (χ4n) is 4.25. The minimum atomic E-state index is -3.52. The molecule has 0 aliphatic carbocycles. The summed E-state index contributed by atoms with van der Waals surface area (Å²) in [6.45, 7) is 4.93. The van der Waals surface area contributed by atoms with E-state index in [-0.39, 0.29) is 24.2 Å². The molecule has 2 fully saturated rings. The summed E-state index contributed by atoms with van der Waals surface area (Å²) in [4.78, 5) is 28.7. The van der Waals surface area contributed by atoms with Crippen LogP contribution in [0.15, 0.2) is 46.0 Å². The van der Waals surface area contributed by atoms with Crippen LogP contribution in [-0.4, -0.2) is 68.6 Å². The largest absolute Gasteiger partial charge is 0.368 e. The van der Waals surface area contributed by atoms with E-state index in [1.54, 1.807) is 24.4 Å². The van der Waals surface area contributed by atoms with Gasteiger partial charge in [0, 0.05) is 50.5 Å². The number of piperidine rings is 1. The summed E-state index contributed by atoms with van der Waals surface area (Å²) in [6, 6.07) is 10.9. The maximum Gasteiger partial charge on any atom is 0.252 e. The Hall–Kier alpha value is -2.23. The van der Waals surface area contributed by atoms with Crippen LogP contribution in [0.2, 0.25) is 0 Å². The van der Waals surface area contributed by atoms with Crippen molar-refractivity contribution in [2.45, 2.75) is 24.0 Å². The van der Waals surface area contributed by atoms with Gasteiger partial charge in [0.05, 0.1) is 5.92 Å². The van der Waals surface area contributed by atoms with Crippen LogP contribution in [0.3, 0.4) is 0 Å². The number of nitrogens with zero attached hydrogens (tertiary/aromatic N) is 3. The molecule has 2 saturated heterocycles. The van der Waals surface area contributed by atoms with E-state index in [9.17, 15) is 18.0 Å². The zero-order valence-electron chi connectivity index (χ0n) is 17.6. The lowest BCUT2D eigenvalue weighted by Crippen LogP contribution is -2.53. The SMILES string of the molecule is CC(=O)c1ccc(N2CCN(C(=O)C3CCCN(S(=O)(=O)c4cccs4)C3)CC2)cc1. The number of Topliss-reactive ketones (excluding diaryl/α,β-unsaturated/α-hetero) is 1. The van der Waals surface area contributed by atoms with Crippen molar-refractivity contribution < 1.29 is 18.0 Å². The van der Waals surface area contributed by atoms with E-state index in [4.69, 9.17) is 0 Å². The topological polar surface area (TPSA) is 78.0 Å². The molecule has 0 N–H and O–H groups in total. The molecule has 1 amide bonds. The van der Waals surface area contributed by atoms with Gasteiger partial charge in [-0.05, 0) is 55.5 Å². The van der Waals surface area contributed by atoms with Crippen molar-refractivity contribution in [1.82, 2.24) is 9.21 Å². The number of carbonyl (C=O) groups excluding carboxylic acids is 2. The highest BCUT2D eigenvalue weighted by molar-refractivity contribution is 7.91. The second-order valence-electron chi connectivity index (χ2n) is 8.05. The Balaban J connectivity index is 1.35. The minimum Gasteiger partial charge on any atom is -0.368 e. The van der Waals surface area contributed by atoms with Crippen molar-refractivity contribution in [2.24, 2.45) is 5.92 Å². The van der Waals surface area contributed by atoms with Crippen LogP contribution in [0.4, 0.5) is 5.69 Å². The van der Waals surface area contributed by atoms with Crippen molar-refractivity contribution in [3.8, 4) is 0 Å². The molecule has 0 bridgehead atoms. The van der Waals surface area contributed by atoms with Gasteiger partial charge >= 0.3 is 0 Å². The molecule has 0 radical (unpaired) electrons. The van der Waals surface area contributed by atoms with E-state index in [1.807, 2.05) is 29.2 Å². The second kappa shape index (κ2) is 9.10. The maximum absolute atomic E-state index is 13.1. The van der Waals surface area contributed by atoms with E-state index in [0.29, 0.717) is 35.8 Å². The van der Waals surface area contributed by atoms with Gasteiger partial charge in [0.25, 0.3) is 10.0 Å². The monoisotopic (exact) mass is 461 g/mol. The predicted molar refractivity (Wildman–Crippen MR) is 121 cm³/mol. The van der Waals surface area contributed by atoms with Gasteiger partial charge in [0.15, 0.2) is 5.78 Å². The summed E-state index contributed by atoms with van der Waals surface area (Å²) < 4.78 is 27.5. The average Bonchev–Trinajstić information content (AvgIpc) is 3.35. The van der Waals surface area contributed by atoms with E-state index in [0.717, 1.165) is 25.2 Å². The van der Waals surface area contributed by atoms with Gasteiger partial charge in [-0.1, -0.05) is 6.07 Å². The first-order valence-electron chi connectivity index (χ1n) is 10.5. The zero-order valence-corrected chi connectivity index (χ0v) is 19.2. The van der Waals surface area contributed by atoms with E-state index in [1.165, 1.54) is 15.6 Å². The van der Waals surface area contributed by atoms with Crippen LogP contribution < -0.4 is 4.90 Å². The molecule has 1 atom stereocenters. The summed E-state index contributed by atoms with van der Waals surface area (Å²) in [5.74, 6) is -0.188. The molecule has 7 nitrogen and oxygen atoms in total. The number of hydrogen-bond donors (Lipinski definition) is 0. The van der Waals surface area contributed by atoms with Gasteiger partial charge in [-0.3, -0.25) is 9.59 Å². The van der Waals surface area contributed by atoms with Crippen LogP contribution in [-0.2, 0) is 14.8 Å². The first kappa shape index (κ1) is 22.0. The van der Waals surface area contributed by atoms with Crippen LogP contribution in [0, 0.1) is 5.92 Å². The summed E-state index contributed by atoms with van der Waals surface area (Å²) >= 11 is 1.21. The molecule has 1 aromatic heterocycles. The van der Waals surface area contributed by atoms with E-state index in [2.05, 4.69) is 4.90 Å². The zero-order chi connectivity index (χ0) is 22.0. The number of hydrogen-bond acceptors (Lipinski definition) is 6. The van der Waals surface area contributed by atoms with Gasteiger partial charge in [0.2, 0.25) is 5.91 Å². The second-order valence-corrected chi connectivity index (χ2v) is 11.2. The van der Waals surface area contributed by atoms with Gasteiger partial charge in [0.1, 0.15) is 4.21 Å². The number of piperazine rings is 1. The highest BCUT2D eigenvalue weighted by atomic mass is 32.2. The average molecular weight is 462 g/mol. The number of benzene rings is 1. The molecule has 9 heteroatoms. The fourth-order valence-corrected chi connectivity index (χ4v) is 6.92. The first-order chi connectivity index (χ1) is 14.9. The van der Waals surface area contributed by atoms with Crippen molar-refractivity contribution in [3.63, 3.8) is 0 Å². The van der Waals surface area contributed by atoms with Crippen molar-refractivity contribution in [3.05, 3.63) is 47.3 Å². The molecular formula is C22H27N3O4S2. The van der Waals surface area contributed by atoms with Gasteiger partial charge < -0.3 is 9.80 Å². The lowest BCUT2D eigenvalue weighted by molar-refractivity contribution is -0.137. The third kappa shape index (κ3) is 4.68. The highest BCUT2D eigenvalue weighted by Gasteiger charge is 2.36. The lowest BCUT2D eigenvalue weighted by Gasteiger charge is -2.39. The van der Waals surface area contributed by atoms with Crippen LogP contribution in [0.1, 0.15) is 30.1 Å². The molecule has 1 aromatic carbocycles. The van der Waals surface area contributed by atoms with Crippen molar-refractivity contribution in [1.29, 1.82) is 0 Å². The molecule has 2 aromatic rings. The standard InChI is InChI=1S/C22H27N3O4S2/c1-17(26)18-6-8-20(9-7-18)23-11-13-24(14-12-23)22(27)19-4-2-10-25(16-19)31(28,29)21-5-3-15-30-21/h3,5-9,15,19H,2,4,10-14,16H2,1H3. The molecule has 4 rings (SSSR count). The molecule has 31 heavy (non-hydrogen) atoms. The molecule has 2 aliphatic heterocycles. The Morgan fingerprint density at radius 2 is 1.71 bits per heavy atom. The number of thiophene rings is 1. The van der Waals surface area contributed by atoms with Gasteiger partial charge in [-0.2, -0.15) is 4.31 Å². The predicted octanol–water partition coefficient (Wildman–Crippen LogP) is 2.70. The number of anilines is 1. The first-order valence-corrected chi connectivity index (χ1v) is 12.9. The fraction of sp³-hybridized carbons (Fsp3) is 0.455. The highest BCUT2D eigenvalue weighted by Crippen LogP contribution is 2.28. The van der Waals surface area contributed by atoms with Crippen molar-refractivity contribution in [2.75, 3.05) is 44.2 Å². The Kier molecular flexibility index (Phi) is 6.45. The Morgan fingerprint density at radius 3 is 2.32 bits per heavy atom. The van der Waals surface area contributed by atoms with E-state index >= 15 is 0 Å². The van der Waals surface area contributed by atoms with E-state index < -0.39 is 10.0 Å². The Morgan fingerprint density at radius 1 is 1.00 bits per heavy atom. The molecule has 0 spiro atoms. The smallest absolute Gasteiger partial charge is 0.252 e. The number of rotatable bonds is 5. The minimum absolute atomic E-state index is 0.0459. The normalized spacial score (nSPS) is 20.6. The quantitative estimate of drug-likeness (QED) is 0.640. The Labute approximate surface area is 187 Å². The summed E-state index contributed by atoms with van der Waals surface area (Å²) in [5, 5.41) is 1.76. The molecule has 1 unspecified atom stereocenters. The number of sulfonamides is 1. The molecule has 2 aliphatic rings.